The first-order chi connectivity index (χ1) is 30.7. The Morgan fingerprint density at radius 1 is 0.844 bits per heavy atom. The summed E-state index contributed by atoms with van der Waals surface area (Å²) in [6.07, 6.45) is 3.75. The van der Waals surface area contributed by atoms with Crippen LogP contribution >= 0.6 is 7.80 Å². The topological polar surface area (TPSA) is 233 Å². The van der Waals surface area contributed by atoms with Gasteiger partial charge in [0.1, 0.15) is 26.5 Å². The number of carboxylic acids is 1. The fourth-order valence-corrected chi connectivity index (χ4v) is 11.6. The molecule has 0 saturated heterocycles. The fourth-order valence-electron chi connectivity index (χ4n) is 8.49. The number of fused-ring (bicyclic) bond motifs is 1. The second-order valence-corrected chi connectivity index (χ2v) is 20.2. The number of hydrogen-bond donors (Lipinski definition) is 7. The highest BCUT2D eigenvalue weighted by molar-refractivity contribution is 7.88. The van der Waals surface area contributed by atoms with Gasteiger partial charge in [-0.15, -0.1) is 0 Å². The number of unbranched alkanes of at least 4 members (excludes halogenated alkanes) is 1. The average molecular weight is 914 g/mol. The zero-order chi connectivity index (χ0) is 45.7. The predicted molar refractivity (Wildman–Crippen MR) is 244 cm³/mol. The van der Waals surface area contributed by atoms with E-state index in [1.165, 1.54) is 0 Å². The molecule has 1 heterocycles. The van der Waals surface area contributed by atoms with Gasteiger partial charge in [-0.3, -0.25) is 9.59 Å². The zero-order valence-electron chi connectivity index (χ0n) is 35.6. The largest absolute Gasteiger partial charge is 0.480 e. The lowest BCUT2D eigenvalue weighted by Crippen LogP contribution is -2.57. The van der Waals surface area contributed by atoms with E-state index in [4.69, 9.17) is 4.74 Å². The number of sulfonamides is 1. The standard InChI is InChI=1S/C47H56N5O10PS/c1-64(60,61)52-39(25-13-16-28-48-45(57)62-31-33-17-5-2-6-18-33)42(53)51-47(58,41(34-19-7-3-8-20-34)35-21-9-4-10-22-35)63(59)32-46(26-14-15-27-46)44(56)50-40(43(54)55)29-36-30-49-38-24-12-11-23-37(36)38/h2-12,17-24,30,39-41,49,52,58,63H,13-16,25-29,31-32H2,1H3,(H,48,57)(H,50,56)(H,51,53)(H,54,55)/t39-,40-,47+/m0/s1. The monoisotopic (exact) mass is 913 g/mol. The molecule has 1 aliphatic carbocycles. The minimum absolute atomic E-state index is 0.0242. The summed E-state index contributed by atoms with van der Waals surface area (Å²) >= 11 is 0. The SMILES string of the molecule is CS(=O)(=O)N[C@@H](CCCCNC(=O)OCc1ccccc1)C(=O)N[C@@](O)(C(c1ccccc1)c1ccccc1)[PH](=O)CC1(C(=O)N[C@@H](Cc2c[nH]c3ccccc23)C(=O)O)CCCC1. The van der Waals surface area contributed by atoms with E-state index in [0.29, 0.717) is 36.0 Å². The third-order valence-corrected chi connectivity index (χ3v) is 14.7. The molecular weight excluding hydrogens is 858 g/mol. The molecule has 4 atom stereocenters. The molecule has 64 heavy (non-hydrogen) atoms. The van der Waals surface area contributed by atoms with E-state index in [-0.39, 0.29) is 51.4 Å². The van der Waals surface area contributed by atoms with Gasteiger partial charge in [-0.1, -0.05) is 122 Å². The Morgan fingerprint density at radius 3 is 2.05 bits per heavy atom. The van der Waals surface area contributed by atoms with Gasteiger partial charge in [-0.25, -0.2) is 22.7 Å². The Bertz CT molecular complexity index is 2460. The number of carbonyl (C=O) groups excluding carboxylic acids is 3. The van der Waals surface area contributed by atoms with E-state index in [9.17, 15) is 37.8 Å². The van der Waals surface area contributed by atoms with E-state index in [2.05, 4.69) is 25.7 Å². The summed E-state index contributed by atoms with van der Waals surface area (Å²) in [5.74, 6) is -3.98. The van der Waals surface area contributed by atoms with Crippen LogP contribution in [0.25, 0.3) is 10.9 Å². The van der Waals surface area contributed by atoms with Crippen molar-refractivity contribution in [1.29, 1.82) is 0 Å². The van der Waals surface area contributed by atoms with Gasteiger partial charge in [0.2, 0.25) is 21.8 Å². The summed E-state index contributed by atoms with van der Waals surface area (Å²) in [6.45, 7) is 0.240. The van der Waals surface area contributed by atoms with E-state index < -0.39 is 70.6 Å². The smallest absolute Gasteiger partial charge is 0.407 e. The lowest BCUT2D eigenvalue weighted by Gasteiger charge is -2.40. The number of carbonyl (C=O) groups is 4. The number of rotatable bonds is 22. The van der Waals surface area contributed by atoms with Crippen molar-refractivity contribution in [2.24, 2.45) is 5.41 Å². The predicted octanol–water partition coefficient (Wildman–Crippen LogP) is 6.01. The maximum Gasteiger partial charge on any atom is 0.407 e. The van der Waals surface area contributed by atoms with Crippen molar-refractivity contribution < 1.29 is 47.1 Å². The first-order valence-corrected chi connectivity index (χ1v) is 24.9. The third kappa shape index (κ3) is 12.5. The van der Waals surface area contributed by atoms with Crippen molar-refractivity contribution in [3.63, 3.8) is 0 Å². The average Bonchev–Trinajstić information content (AvgIpc) is 3.93. The van der Waals surface area contributed by atoms with Crippen molar-refractivity contribution in [3.05, 3.63) is 144 Å². The molecule has 1 aliphatic rings. The number of hydrogen-bond acceptors (Lipinski definition) is 9. The Labute approximate surface area is 373 Å². The van der Waals surface area contributed by atoms with Crippen molar-refractivity contribution in [1.82, 2.24) is 25.7 Å². The molecule has 1 unspecified atom stereocenters. The fraction of sp³-hybridized carbons (Fsp3) is 0.362. The van der Waals surface area contributed by atoms with Gasteiger partial charge in [-0.2, -0.15) is 0 Å². The molecule has 0 aliphatic heterocycles. The maximum absolute atomic E-state index is 15.3. The van der Waals surface area contributed by atoms with Crippen LogP contribution in [0.15, 0.2) is 121 Å². The van der Waals surface area contributed by atoms with Crippen LogP contribution in [-0.4, -0.2) is 84.0 Å². The number of aromatic nitrogens is 1. The summed E-state index contributed by atoms with van der Waals surface area (Å²) in [4.78, 5) is 57.0. The molecule has 0 bridgehead atoms. The quantitative estimate of drug-likeness (QED) is 0.0243. The number of carboxylic acid groups (broad SMARTS) is 1. The molecular formula is C47H56N5O10PS. The van der Waals surface area contributed by atoms with Gasteiger partial charge in [-0.05, 0) is 60.4 Å². The van der Waals surface area contributed by atoms with Crippen molar-refractivity contribution in [3.8, 4) is 0 Å². The number of H-pyrrole nitrogens is 1. The van der Waals surface area contributed by atoms with Crippen LogP contribution in [0.3, 0.4) is 0 Å². The minimum Gasteiger partial charge on any atom is -0.480 e. The molecule has 17 heteroatoms. The highest BCUT2D eigenvalue weighted by Gasteiger charge is 2.52. The molecule has 1 aromatic heterocycles. The van der Waals surface area contributed by atoms with Crippen molar-refractivity contribution >= 4 is 52.6 Å². The van der Waals surface area contributed by atoms with Crippen LogP contribution in [0.5, 0.6) is 0 Å². The normalized spacial score (nSPS) is 16.0. The van der Waals surface area contributed by atoms with Crippen LogP contribution in [-0.2, 0) is 46.7 Å². The number of aliphatic hydroxyl groups is 1. The highest BCUT2D eigenvalue weighted by Crippen LogP contribution is 2.54. The van der Waals surface area contributed by atoms with Crippen LogP contribution in [0.2, 0.25) is 0 Å². The molecule has 4 aromatic carbocycles. The van der Waals surface area contributed by atoms with Gasteiger partial charge in [0, 0.05) is 36.2 Å². The number of amides is 3. The lowest BCUT2D eigenvalue weighted by molar-refractivity contribution is -0.143. The molecule has 5 aromatic rings. The first kappa shape index (κ1) is 47.7. The number of alkyl carbamates (subject to hydrolysis) is 1. The van der Waals surface area contributed by atoms with Crippen LogP contribution in [0.4, 0.5) is 4.79 Å². The molecule has 3 amide bonds. The summed E-state index contributed by atoms with van der Waals surface area (Å²) in [6, 6.07) is 31.1. The highest BCUT2D eigenvalue weighted by atomic mass is 32.2. The summed E-state index contributed by atoms with van der Waals surface area (Å²) < 4.78 is 48.3. The Hall–Kier alpha value is -5.80. The van der Waals surface area contributed by atoms with Crippen molar-refractivity contribution in [2.75, 3.05) is 19.0 Å². The lowest BCUT2D eigenvalue weighted by atomic mass is 9.86. The van der Waals surface area contributed by atoms with Gasteiger partial charge in [0.25, 0.3) is 0 Å². The number of ether oxygens (including phenoxy) is 1. The Kier molecular flexibility index (Phi) is 16.2. The molecule has 6 rings (SSSR count). The molecule has 1 fully saturated rings. The molecule has 0 radical (unpaired) electrons. The van der Waals surface area contributed by atoms with Gasteiger partial charge in [0.15, 0.2) is 5.47 Å². The van der Waals surface area contributed by atoms with E-state index in [1.807, 2.05) is 54.6 Å². The van der Waals surface area contributed by atoms with Gasteiger partial charge >= 0.3 is 12.1 Å². The minimum atomic E-state index is -4.00. The summed E-state index contributed by atoms with van der Waals surface area (Å²) in [5.41, 5.74) is -0.636. The molecule has 340 valence electrons. The molecule has 0 spiro atoms. The third-order valence-electron chi connectivity index (χ3n) is 11.7. The van der Waals surface area contributed by atoms with Crippen molar-refractivity contribution in [2.45, 2.75) is 81.4 Å². The number of benzene rings is 4. The Morgan fingerprint density at radius 2 is 1.44 bits per heavy atom. The second-order valence-electron chi connectivity index (χ2n) is 16.5. The second kappa shape index (κ2) is 21.7. The summed E-state index contributed by atoms with van der Waals surface area (Å²) in [5, 5.41) is 32.3. The van der Waals surface area contributed by atoms with E-state index >= 15 is 4.57 Å². The molecule has 1 saturated carbocycles. The van der Waals surface area contributed by atoms with Crippen LogP contribution in [0.1, 0.15) is 73.1 Å². The van der Waals surface area contributed by atoms with E-state index in [0.717, 1.165) is 22.7 Å². The number of aromatic amines is 1. The van der Waals surface area contributed by atoms with Crippen LogP contribution < -0.4 is 20.7 Å². The number of aliphatic carboxylic acids is 1. The van der Waals surface area contributed by atoms with Gasteiger partial charge < -0.3 is 40.4 Å². The molecule has 7 N–H and O–H groups in total. The van der Waals surface area contributed by atoms with Gasteiger partial charge in [0.05, 0.1) is 17.6 Å². The Balaban J connectivity index is 1.25. The number of nitrogens with one attached hydrogen (secondary N) is 5. The summed E-state index contributed by atoms with van der Waals surface area (Å²) in [7, 11) is -7.55. The van der Waals surface area contributed by atoms with E-state index in [1.54, 1.807) is 66.9 Å². The maximum atomic E-state index is 15.3. The zero-order valence-corrected chi connectivity index (χ0v) is 37.4. The molecule has 15 nitrogen and oxygen atoms in total. The first-order valence-electron chi connectivity index (χ1n) is 21.4. The number of para-hydroxylation sites is 1. The van der Waals surface area contributed by atoms with Crippen LogP contribution in [0, 0.1) is 5.41 Å².